The summed E-state index contributed by atoms with van der Waals surface area (Å²) in [5, 5.41) is 3.34. The van der Waals surface area contributed by atoms with E-state index in [4.69, 9.17) is 4.74 Å². The topological polar surface area (TPSA) is 55.4 Å². The fraction of sp³-hybridized carbons (Fsp3) is 0.385. The lowest BCUT2D eigenvalue weighted by atomic mass is 10.1. The van der Waals surface area contributed by atoms with Crippen LogP contribution in [-0.2, 0) is 14.9 Å². The maximum atomic E-state index is 12.0. The molecule has 1 atom stereocenters. The number of carbonyl (C=O) groups is 2. The van der Waals surface area contributed by atoms with Gasteiger partial charge in [-0.1, -0.05) is 28.1 Å². The number of ether oxygens (including phenoxy) is 1. The molecular formula is C13H16BrNO3S. The average Bonchev–Trinajstić information content (AvgIpc) is 2.44. The van der Waals surface area contributed by atoms with Gasteiger partial charge in [0.2, 0.25) is 0 Å². The van der Waals surface area contributed by atoms with Crippen molar-refractivity contribution in [2.24, 2.45) is 0 Å². The van der Waals surface area contributed by atoms with Crippen LogP contribution in [0, 0.1) is 0 Å². The smallest absolute Gasteiger partial charge is 0.329 e. The second-order valence-corrected chi connectivity index (χ2v) is 4.72. The molecule has 0 saturated heterocycles. The summed E-state index contributed by atoms with van der Waals surface area (Å²) in [5.74, 6) is -0.583. The van der Waals surface area contributed by atoms with Gasteiger partial charge in [-0.2, -0.15) is 12.6 Å². The molecule has 1 amide bonds. The van der Waals surface area contributed by atoms with E-state index in [1.54, 1.807) is 19.1 Å². The Bertz CT molecular complexity index is 436. The van der Waals surface area contributed by atoms with Crippen molar-refractivity contribution in [1.29, 1.82) is 0 Å². The Kier molecular flexibility index (Phi) is 6.94. The van der Waals surface area contributed by atoms with E-state index < -0.39 is 12.0 Å². The molecule has 6 heteroatoms. The van der Waals surface area contributed by atoms with Crippen LogP contribution in [0.2, 0.25) is 0 Å². The van der Waals surface area contributed by atoms with Gasteiger partial charge in [-0.05, 0) is 24.6 Å². The van der Waals surface area contributed by atoms with E-state index >= 15 is 0 Å². The number of alkyl halides is 1. The van der Waals surface area contributed by atoms with E-state index in [-0.39, 0.29) is 18.3 Å². The molecule has 0 unspecified atom stereocenters. The molecule has 1 rings (SSSR count). The van der Waals surface area contributed by atoms with Gasteiger partial charge in [-0.25, -0.2) is 4.79 Å². The minimum Gasteiger partial charge on any atom is -0.464 e. The number of esters is 1. The van der Waals surface area contributed by atoms with Gasteiger partial charge in [0.15, 0.2) is 0 Å². The van der Waals surface area contributed by atoms with Crippen LogP contribution in [0.15, 0.2) is 24.3 Å². The van der Waals surface area contributed by atoms with Gasteiger partial charge in [-0.15, -0.1) is 0 Å². The highest BCUT2D eigenvalue weighted by Gasteiger charge is 2.20. The molecule has 0 aliphatic rings. The lowest BCUT2D eigenvalue weighted by Crippen LogP contribution is -2.43. The highest BCUT2D eigenvalue weighted by Crippen LogP contribution is 2.08. The Balaban J connectivity index is 2.68. The Morgan fingerprint density at radius 1 is 1.37 bits per heavy atom. The van der Waals surface area contributed by atoms with Crippen LogP contribution in [0.5, 0.6) is 0 Å². The van der Waals surface area contributed by atoms with Crippen LogP contribution in [0.3, 0.4) is 0 Å². The summed E-state index contributed by atoms with van der Waals surface area (Å²) in [5.41, 5.74) is 1.58. The van der Waals surface area contributed by atoms with Crippen molar-refractivity contribution in [2.45, 2.75) is 18.3 Å². The Morgan fingerprint density at radius 2 is 2.00 bits per heavy atom. The molecular weight excluding hydrogens is 330 g/mol. The number of hydrogen-bond donors (Lipinski definition) is 2. The van der Waals surface area contributed by atoms with E-state index in [1.807, 2.05) is 12.1 Å². The summed E-state index contributed by atoms with van der Waals surface area (Å²) in [6.45, 7) is 1.99. The highest BCUT2D eigenvalue weighted by molar-refractivity contribution is 9.08. The predicted molar refractivity (Wildman–Crippen MR) is 80.8 cm³/mol. The lowest BCUT2D eigenvalue weighted by Gasteiger charge is -2.15. The number of hydrogen-bond acceptors (Lipinski definition) is 4. The fourth-order valence-corrected chi connectivity index (χ4v) is 2.02. The third-order valence-corrected chi connectivity index (χ3v) is 3.44. The Labute approximate surface area is 126 Å². The molecule has 0 heterocycles. The Morgan fingerprint density at radius 3 is 2.47 bits per heavy atom. The van der Waals surface area contributed by atoms with E-state index in [1.165, 1.54) is 0 Å². The van der Waals surface area contributed by atoms with Crippen molar-refractivity contribution < 1.29 is 14.3 Å². The summed E-state index contributed by atoms with van der Waals surface area (Å²) in [4.78, 5) is 23.5. The minimum absolute atomic E-state index is 0.198. The quantitative estimate of drug-likeness (QED) is 0.472. The average molecular weight is 346 g/mol. The van der Waals surface area contributed by atoms with Gasteiger partial charge in [0.1, 0.15) is 6.04 Å². The fourth-order valence-electron chi connectivity index (χ4n) is 1.41. The van der Waals surface area contributed by atoms with Gasteiger partial charge < -0.3 is 10.1 Å². The molecule has 1 aromatic rings. The first-order chi connectivity index (χ1) is 9.12. The molecule has 4 nitrogen and oxygen atoms in total. The maximum absolute atomic E-state index is 12.0. The van der Waals surface area contributed by atoms with Gasteiger partial charge in [0, 0.05) is 16.6 Å². The Hall–Kier alpha value is -1.01. The van der Waals surface area contributed by atoms with Crippen molar-refractivity contribution in [3.8, 4) is 0 Å². The number of halogens is 1. The summed E-state index contributed by atoms with van der Waals surface area (Å²) in [6.07, 6.45) is 0. The second kappa shape index (κ2) is 8.22. The summed E-state index contributed by atoms with van der Waals surface area (Å²) < 4.78 is 4.86. The number of rotatable bonds is 6. The second-order valence-electron chi connectivity index (χ2n) is 3.79. The molecule has 0 spiro atoms. The zero-order valence-electron chi connectivity index (χ0n) is 10.6. The van der Waals surface area contributed by atoms with E-state index in [0.717, 1.165) is 10.9 Å². The van der Waals surface area contributed by atoms with Gasteiger partial charge in [-0.3, -0.25) is 4.79 Å². The predicted octanol–water partition coefficient (Wildman–Crippen LogP) is 2.17. The first-order valence-corrected chi connectivity index (χ1v) is 7.61. The maximum Gasteiger partial charge on any atom is 0.329 e. The molecule has 19 heavy (non-hydrogen) atoms. The van der Waals surface area contributed by atoms with E-state index in [9.17, 15) is 9.59 Å². The minimum atomic E-state index is -0.730. The molecule has 1 N–H and O–H groups in total. The van der Waals surface area contributed by atoms with Crippen molar-refractivity contribution in [3.63, 3.8) is 0 Å². The number of nitrogens with one attached hydrogen (secondary N) is 1. The van der Waals surface area contributed by atoms with Crippen LogP contribution in [0.25, 0.3) is 0 Å². The van der Waals surface area contributed by atoms with Crippen LogP contribution >= 0.6 is 28.6 Å². The van der Waals surface area contributed by atoms with Crippen LogP contribution in [-0.4, -0.2) is 30.3 Å². The van der Waals surface area contributed by atoms with Crippen molar-refractivity contribution in [2.75, 3.05) is 12.4 Å². The molecule has 0 fully saturated rings. The van der Waals surface area contributed by atoms with Gasteiger partial charge >= 0.3 is 5.97 Å². The zero-order chi connectivity index (χ0) is 14.3. The van der Waals surface area contributed by atoms with Crippen molar-refractivity contribution in [1.82, 2.24) is 5.32 Å². The molecule has 0 aliphatic carbocycles. The molecule has 0 aliphatic heterocycles. The summed E-state index contributed by atoms with van der Waals surface area (Å²) in [7, 11) is 0. The molecule has 0 saturated carbocycles. The van der Waals surface area contributed by atoms with E-state index in [2.05, 4.69) is 33.9 Å². The van der Waals surface area contributed by atoms with Gasteiger partial charge in [0.05, 0.1) is 6.61 Å². The standard InChI is InChI=1S/C13H16BrNO3S/c1-2-18-13(17)11(8-19)15-12(16)10-5-3-9(7-14)4-6-10/h3-6,11,19H,2,7-8H2,1H3,(H,15,16)/t11-/m0/s1. The number of carbonyl (C=O) groups excluding carboxylic acids is 2. The SMILES string of the molecule is CCOC(=O)[C@H](CS)NC(=O)c1ccc(CBr)cc1. The summed E-state index contributed by atoms with van der Waals surface area (Å²) >= 11 is 7.38. The monoisotopic (exact) mass is 345 g/mol. The lowest BCUT2D eigenvalue weighted by molar-refractivity contribution is -0.144. The van der Waals surface area contributed by atoms with Crippen LogP contribution < -0.4 is 5.32 Å². The number of thiol groups is 1. The van der Waals surface area contributed by atoms with Crippen molar-refractivity contribution in [3.05, 3.63) is 35.4 Å². The largest absolute Gasteiger partial charge is 0.464 e. The third-order valence-electron chi connectivity index (χ3n) is 2.43. The summed E-state index contributed by atoms with van der Waals surface area (Å²) in [6, 6.07) is 6.40. The van der Waals surface area contributed by atoms with Crippen LogP contribution in [0.4, 0.5) is 0 Å². The molecule has 1 aromatic carbocycles. The molecule has 0 radical (unpaired) electrons. The highest BCUT2D eigenvalue weighted by atomic mass is 79.9. The first kappa shape index (κ1) is 16.0. The van der Waals surface area contributed by atoms with E-state index in [0.29, 0.717) is 5.56 Å². The van der Waals surface area contributed by atoms with Crippen molar-refractivity contribution >= 4 is 40.4 Å². The normalized spacial score (nSPS) is 11.7. The molecule has 0 aromatic heterocycles. The molecule has 104 valence electrons. The number of benzene rings is 1. The van der Waals surface area contributed by atoms with Gasteiger partial charge in [0.25, 0.3) is 5.91 Å². The molecule has 0 bridgehead atoms. The third kappa shape index (κ3) is 4.87. The zero-order valence-corrected chi connectivity index (χ0v) is 13.0. The number of amides is 1. The van der Waals surface area contributed by atoms with Crippen LogP contribution in [0.1, 0.15) is 22.8 Å². The first-order valence-electron chi connectivity index (χ1n) is 5.85.